The second-order valence-corrected chi connectivity index (χ2v) is 4.77. The van der Waals surface area contributed by atoms with E-state index >= 15 is 0 Å². The standard InChI is InChI=1S/C17H15NO6/c1-20-13-7-10(8-14(21-2)15(13)22-3)16-18-12(17(19)24-16)9-11-5-4-6-23-11/h4-9H,1-3H3/b12-9-. The molecule has 24 heavy (non-hydrogen) atoms. The Morgan fingerprint density at radius 2 is 1.79 bits per heavy atom. The van der Waals surface area contributed by atoms with Crippen LogP contribution in [0.15, 0.2) is 45.6 Å². The molecule has 0 radical (unpaired) electrons. The summed E-state index contributed by atoms with van der Waals surface area (Å²) in [5, 5.41) is 0. The van der Waals surface area contributed by atoms with E-state index in [1.54, 1.807) is 24.3 Å². The van der Waals surface area contributed by atoms with Gasteiger partial charge in [0.05, 0.1) is 27.6 Å². The van der Waals surface area contributed by atoms with Gasteiger partial charge in [0.25, 0.3) is 0 Å². The molecule has 1 aliphatic rings. The van der Waals surface area contributed by atoms with Crippen LogP contribution in [0.3, 0.4) is 0 Å². The molecule has 0 N–H and O–H groups in total. The van der Waals surface area contributed by atoms with Crippen LogP contribution in [0.5, 0.6) is 17.2 Å². The lowest BCUT2D eigenvalue weighted by Crippen LogP contribution is -2.06. The Labute approximate surface area is 138 Å². The average Bonchev–Trinajstić information content (AvgIpc) is 3.24. The van der Waals surface area contributed by atoms with Gasteiger partial charge in [-0.2, -0.15) is 0 Å². The Kier molecular flexibility index (Phi) is 4.24. The number of ether oxygens (including phenoxy) is 4. The van der Waals surface area contributed by atoms with E-state index in [0.29, 0.717) is 28.6 Å². The predicted molar refractivity (Wildman–Crippen MR) is 85.4 cm³/mol. The minimum atomic E-state index is -0.560. The van der Waals surface area contributed by atoms with E-state index < -0.39 is 5.97 Å². The molecule has 1 aromatic carbocycles. The normalized spacial score (nSPS) is 15.2. The summed E-state index contributed by atoms with van der Waals surface area (Å²) in [7, 11) is 4.52. The average molecular weight is 329 g/mol. The molecule has 0 saturated carbocycles. The lowest BCUT2D eigenvalue weighted by molar-refractivity contribution is -0.129. The highest BCUT2D eigenvalue weighted by molar-refractivity contribution is 6.13. The van der Waals surface area contributed by atoms with Crippen molar-refractivity contribution >= 4 is 17.9 Å². The maximum Gasteiger partial charge on any atom is 0.363 e. The molecule has 1 aromatic heterocycles. The van der Waals surface area contributed by atoms with E-state index in [-0.39, 0.29) is 11.6 Å². The molecule has 1 aliphatic heterocycles. The molecule has 0 atom stereocenters. The van der Waals surface area contributed by atoms with Gasteiger partial charge < -0.3 is 23.4 Å². The van der Waals surface area contributed by atoms with Crippen molar-refractivity contribution in [3.8, 4) is 17.2 Å². The smallest absolute Gasteiger partial charge is 0.363 e. The van der Waals surface area contributed by atoms with Crippen molar-refractivity contribution in [2.75, 3.05) is 21.3 Å². The van der Waals surface area contributed by atoms with Gasteiger partial charge in [-0.15, -0.1) is 0 Å². The van der Waals surface area contributed by atoms with Crippen LogP contribution in [0.4, 0.5) is 0 Å². The topological polar surface area (TPSA) is 79.5 Å². The number of aliphatic imine (C=N–C) groups is 1. The van der Waals surface area contributed by atoms with E-state index in [2.05, 4.69) is 4.99 Å². The molecule has 0 unspecified atom stereocenters. The first kappa shape index (κ1) is 15.7. The van der Waals surface area contributed by atoms with Crippen molar-refractivity contribution in [1.82, 2.24) is 0 Å². The number of carbonyl (C=O) groups excluding carboxylic acids is 1. The Morgan fingerprint density at radius 3 is 2.33 bits per heavy atom. The van der Waals surface area contributed by atoms with Crippen LogP contribution in [-0.4, -0.2) is 33.2 Å². The summed E-state index contributed by atoms with van der Waals surface area (Å²) in [5.41, 5.74) is 0.675. The van der Waals surface area contributed by atoms with Gasteiger partial charge in [-0.3, -0.25) is 0 Å². The highest BCUT2D eigenvalue weighted by Gasteiger charge is 2.26. The zero-order valence-corrected chi connectivity index (χ0v) is 13.4. The molecule has 7 heteroatoms. The first-order valence-electron chi connectivity index (χ1n) is 7.02. The fourth-order valence-corrected chi connectivity index (χ4v) is 2.25. The summed E-state index contributed by atoms with van der Waals surface area (Å²) < 4.78 is 26.3. The van der Waals surface area contributed by atoms with Gasteiger partial charge in [0.1, 0.15) is 5.76 Å². The van der Waals surface area contributed by atoms with Gasteiger partial charge >= 0.3 is 5.97 Å². The van der Waals surface area contributed by atoms with E-state index in [1.165, 1.54) is 33.7 Å². The Hall–Kier alpha value is -3.22. The zero-order chi connectivity index (χ0) is 17.1. The summed E-state index contributed by atoms with van der Waals surface area (Å²) >= 11 is 0. The summed E-state index contributed by atoms with van der Waals surface area (Å²) in [6.45, 7) is 0. The fraction of sp³-hybridized carbons (Fsp3) is 0.176. The van der Waals surface area contributed by atoms with Crippen LogP contribution in [0.2, 0.25) is 0 Å². The number of hydrogen-bond acceptors (Lipinski definition) is 7. The lowest BCUT2D eigenvalue weighted by atomic mass is 10.2. The number of benzene rings is 1. The lowest BCUT2D eigenvalue weighted by Gasteiger charge is -2.13. The Morgan fingerprint density at radius 1 is 1.08 bits per heavy atom. The van der Waals surface area contributed by atoms with Crippen molar-refractivity contribution in [1.29, 1.82) is 0 Å². The molecule has 0 bridgehead atoms. The molecule has 0 aliphatic carbocycles. The van der Waals surface area contributed by atoms with E-state index in [0.717, 1.165) is 0 Å². The molecule has 2 aromatic rings. The van der Waals surface area contributed by atoms with E-state index in [9.17, 15) is 4.79 Å². The number of hydrogen-bond donors (Lipinski definition) is 0. The monoisotopic (exact) mass is 329 g/mol. The number of carbonyl (C=O) groups is 1. The van der Waals surface area contributed by atoms with Crippen molar-refractivity contribution in [3.05, 3.63) is 47.5 Å². The first-order valence-corrected chi connectivity index (χ1v) is 7.02. The van der Waals surface area contributed by atoms with E-state index in [4.69, 9.17) is 23.4 Å². The van der Waals surface area contributed by atoms with Crippen molar-refractivity contribution in [3.63, 3.8) is 0 Å². The second-order valence-electron chi connectivity index (χ2n) is 4.77. The van der Waals surface area contributed by atoms with Gasteiger partial charge in [-0.1, -0.05) is 0 Å². The summed E-state index contributed by atoms with van der Waals surface area (Å²) in [6, 6.07) is 6.75. The molecule has 0 spiro atoms. The summed E-state index contributed by atoms with van der Waals surface area (Å²) in [6.07, 6.45) is 3.02. The predicted octanol–water partition coefficient (Wildman–Crippen LogP) is 2.65. The van der Waals surface area contributed by atoms with E-state index in [1.807, 2.05) is 0 Å². The molecule has 0 fully saturated rings. The molecule has 0 amide bonds. The summed E-state index contributed by atoms with van der Waals surface area (Å²) in [5.74, 6) is 1.42. The van der Waals surface area contributed by atoms with Crippen molar-refractivity contribution in [2.45, 2.75) is 0 Å². The minimum Gasteiger partial charge on any atom is -0.493 e. The van der Waals surface area contributed by atoms with Crippen LogP contribution in [0.1, 0.15) is 11.3 Å². The fourth-order valence-electron chi connectivity index (χ4n) is 2.25. The maximum absolute atomic E-state index is 12.0. The quantitative estimate of drug-likeness (QED) is 0.620. The SMILES string of the molecule is COc1cc(C2=N/C(=C\c3ccco3)C(=O)O2)cc(OC)c1OC. The summed E-state index contributed by atoms with van der Waals surface area (Å²) in [4.78, 5) is 16.2. The zero-order valence-electron chi connectivity index (χ0n) is 13.4. The number of cyclic esters (lactones) is 1. The van der Waals surface area contributed by atoms with Gasteiger partial charge in [0.15, 0.2) is 17.2 Å². The number of methoxy groups -OCH3 is 3. The number of nitrogens with zero attached hydrogens (tertiary/aromatic N) is 1. The molecule has 2 heterocycles. The number of rotatable bonds is 5. The highest BCUT2D eigenvalue weighted by atomic mass is 16.6. The van der Waals surface area contributed by atoms with Crippen LogP contribution < -0.4 is 14.2 Å². The number of furan rings is 1. The molecular formula is C17H15NO6. The van der Waals surface area contributed by atoms with Crippen LogP contribution >= 0.6 is 0 Å². The molecule has 124 valence electrons. The third-order valence-electron chi connectivity index (χ3n) is 3.35. The van der Waals surface area contributed by atoms with Gasteiger partial charge in [-0.05, 0) is 24.3 Å². The first-order chi connectivity index (χ1) is 11.7. The third-order valence-corrected chi connectivity index (χ3v) is 3.35. The third kappa shape index (κ3) is 2.83. The minimum absolute atomic E-state index is 0.147. The van der Waals surface area contributed by atoms with Crippen LogP contribution in [0.25, 0.3) is 6.08 Å². The van der Waals surface area contributed by atoms with Crippen molar-refractivity contribution < 1.29 is 28.2 Å². The second kappa shape index (κ2) is 6.49. The number of esters is 1. The van der Waals surface area contributed by atoms with Gasteiger partial charge in [0, 0.05) is 11.6 Å². The van der Waals surface area contributed by atoms with Crippen LogP contribution in [-0.2, 0) is 9.53 Å². The Balaban J connectivity index is 2.01. The molecule has 0 saturated heterocycles. The largest absolute Gasteiger partial charge is 0.493 e. The van der Waals surface area contributed by atoms with Gasteiger partial charge in [0.2, 0.25) is 11.6 Å². The highest BCUT2D eigenvalue weighted by Crippen LogP contribution is 2.39. The van der Waals surface area contributed by atoms with Crippen LogP contribution in [0, 0.1) is 0 Å². The van der Waals surface area contributed by atoms with Crippen molar-refractivity contribution in [2.24, 2.45) is 4.99 Å². The molecule has 3 rings (SSSR count). The molecule has 7 nitrogen and oxygen atoms in total. The maximum atomic E-state index is 12.0. The molecular weight excluding hydrogens is 314 g/mol. The Bertz CT molecular complexity index is 795. The van der Waals surface area contributed by atoms with Gasteiger partial charge in [-0.25, -0.2) is 9.79 Å².